The van der Waals surface area contributed by atoms with Crippen LogP contribution in [0.15, 0.2) is 0 Å². The zero-order chi connectivity index (χ0) is 0. The first-order chi connectivity index (χ1) is 0. The number of hydrogen-bond acceptors (Lipinski definition) is 0. The van der Waals surface area contributed by atoms with Gasteiger partial charge in [-0.15, -0.1) is 0 Å². The minimum absolute atomic E-state index is 0. The summed E-state index contributed by atoms with van der Waals surface area (Å²) in [7, 11) is 0. The van der Waals surface area contributed by atoms with Gasteiger partial charge in [0.15, 0.2) is 0 Å². The SMILES string of the molecule is [Mn+2].[O-2].[O-2].[O-2].[O-2].[W]. The quantitative estimate of drug-likeness (QED) is 0.538. The molecule has 6 heteroatoms. The van der Waals surface area contributed by atoms with E-state index in [-0.39, 0.29) is 60.0 Å². The Morgan fingerprint density at radius 1 is 0.500 bits per heavy atom. The van der Waals surface area contributed by atoms with E-state index < -0.39 is 0 Å². The van der Waals surface area contributed by atoms with Crippen molar-refractivity contribution in [2.24, 2.45) is 0 Å². The Bertz CT molecular complexity index is 7.51. The van der Waals surface area contributed by atoms with E-state index in [4.69, 9.17) is 0 Å². The third kappa shape index (κ3) is 75.3. The van der Waals surface area contributed by atoms with Crippen LogP contribution in [0.3, 0.4) is 0 Å². The minimum Gasteiger partial charge on any atom is -2.00 e. The van der Waals surface area contributed by atoms with E-state index in [1.54, 1.807) is 0 Å². The maximum absolute atomic E-state index is 0. The van der Waals surface area contributed by atoms with Crippen LogP contribution in [-0.2, 0) is 60.0 Å². The molecule has 0 unspecified atom stereocenters. The van der Waals surface area contributed by atoms with Crippen molar-refractivity contribution in [3.8, 4) is 0 Å². The molecule has 4 nitrogen and oxygen atoms in total. The van der Waals surface area contributed by atoms with Crippen LogP contribution in [0, 0.1) is 0 Å². The molecule has 43 valence electrons. The topological polar surface area (TPSA) is 114 Å². The molecule has 0 aliphatic rings. The maximum atomic E-state index is 0. The Morgan fingerprint density at radius 3 is 0.500 bits per heavy atom. The van der Waals surface area contributed by atoms with Gasteiger partial charge in [0.25, 0.3) is 0 Å². The van der Waals surface area contributed by atoms with Gasteiger partial charge in [0.05, 0.1) is 0 Å². The van der Waals surface area contributed by atoms with Crippen LogP contribution >= 0.6 is 0 Å². The summed E-state index contributed by atoms with van der Waals surface area (Å²) in [6, 6.07) is 0. The second-order valence-electron chi connectivity index (χ2n) is 0. The summed E-state index contributed by atoms with van der Waals surface area (Å²) in [4.78, 5) is 0. The molecule has 0 N–H and O–H groups in total. The summed E-state index contributed by atoms with van der Waals surface area (Å²) < 4.78 is 0. The molecule has 0 rings (SSSR count). The van der Waals surface area contributed by atoms with Gasteiger partial charge in [0.2, 0.25) is 0 Å². The predicted molar refractivity (Wildman–Crippen MR) is 2.75 cm³/mol. The number of rotatable bonds is 0. The van der Waals surface area contributed by atoms with E-state index in [9.17, 15) is 0 Å². The van der Waals surface area contributed by atoms with Gasteiger partial charge in [-0.05, 0) is 0 Å². The van der Waals surface area contributed by atoms with E-state index in [0.29, 0.717) is 0 Å². The molecule has 0 bridgehead atoms. The smallest absolute Gasteiger partial charge is 2.00 e. The molecule has 0 aliphatic carbocycles. The Morgan fingerprint density at radius 2 is 0.500 bits per heavy atom. The van der Waals surface area contributed by atoms with E-state index >= 15 is 0 Å². The van der Waals surface area contributed by atoms with Crippen LogP contribution in [0.4, 0.5) is 0 Å². The van der Waals surface area contributed by atoms with Crippen molar-refractivity contribution in [3.05, 3.63) is 0 Å². The predicted octanol–water partition coefficient (Wildman–Crippen LogP) is -0.480. The van der Waals surface area contributed by atoms with Gasteiger partial charge in [-0.25, -0.2) is 0 Å². The van der Waals surface area contributed by atoms with Crippen LogP contribution in [0.25, 0.3) is 0 Å². The second-order valence-corrected chi connectivity index (χ2v) is 0. The fraction of sp³-hybridized carbons (Fsp3) is 0. The monoisotopic (exact) mass is 303 g/mol. The molecule has 0 fully saturated rings. The largest absolute Gasteiger partial charge is 2.00 e. The number of hydrogen-bond donors (Lipinski definition) is 0. The van der Waals surface area contributed by atoms with Gasteiger partial charge >= 0.3 is 17.1 Å². The molecule has 6 heavy (non-hydrogen) atoms. The molecular weight excluding hydrogens is 303 g/mol. The molecule has 0 saturated carbocycles. The average Bonchev–Trinajstić information content (AvgIpc) is 0. The molecule has 0 aliphatic heterocycles. The maximum Gasteiger partial charge on any atom is 2.00 e. The summed E-state index contributed by atoms with van der Waals surface area (Å²) in [5.41, 5.74) is 0. The van der Waals surface area contributed by atoms with Crippen LogP contribution in [0.5, 0.6) is 0 Å². The Hall–Kier alpha value is 1.05. The van der Waals surface area contributed by atoms with Crippen molar-refractivity contribution in [1.82, 2.24) is 0 Å². The van der Waals surface area contributed by atoms with Crippen LogP contribution in [-0.4, -0.2) is 0 Å². The molecule has 0 saturated heterocycles. The molecule has 0 amide bonds. The van der Waals surface area contributed by atoms with Crippen molar-refractivity contribution in [3.63, 3.8) is 0 Å². The summed E-state index contributed by atoms with van der Waals surface area (Å²) in [6.45, 7) is 0. The summed E-state index contributed by atoms with van der Waals surface area (Å²) in [5.74, 6) is 0. The third-order valence-corrected chi connectivity index (χ3v) is 0. The first-order valence-corrected chi connectivity index (χ1v) is 0. The van der Waals surface area contributed by atoms with E-state index in [0.717, 1.165) is 0 Å². The molecule has 0 spiro atoms. The molecule has 0 atom stereocenters. The fourth-order valence-corrected chi connectivity index (χ4v) is 0. The summed E-state index contributed by atoms with van der Waals surface area (Å²) >= 11 is 0. The van der Waals surface area contributed by atoms with E-state index in [2.05, 4.69) is 0 Å². The first kappa shape index (κ1) is 235. The van der Waals surface area contributed by atoms with E-state index in [1.165, 1.54) is 0 Å². The average molecular weight is 303 g/mol. The van der Waals surface area contributed by atoms with Crippen molar-refractivity contribution >= 4 is 0 Å². The van der Waals surface area contributed by atoms with Gasteiger partial charge < -0.3 is 21.9 Å². The van der Waals surface area contributed by atoms with Crippen molar-refractivity contribution in [2.45, 2.75) is 0 Å². The van der Waals surface area contributed by atoms with Gasteiger partial charge in [0, 0.05) is 21.1 Å². The minimum atomic E-state index is 0. The normalized spacial score (nSPS) is 0. The van der Waals surface area contributed by atoms with Crippen molar-refractivity contribution < 1.29 is 60.0 Å². The fourth-order valence-electron chi connectivity index (χ4n) is 0. The molecule has 0 aromatic rings. The molecule has 0 aromatic carbocycles. The van der Waals surface area contributed by atoms with Gasteiger partial charge in [0.1, 0.15) is 0 Å². The molecule has 0 aromatic heterocycles. The van der Waals surface area contributed by atoms with Gasteiger partial charge in [-0.1, -0.05) is 0 Å². The van der Waals surface area contributed by atoms with Crippen LogP contribution < -0.4 is 0 Å². The first-order valence-electron chi connectivity index (χ1n) is 0. The van der Waals surface area contributed by atoms with Crippen LogP contribution in [0.2, 0.25) is 0 Å². The van der Waals surface area contributed by atoms with Gasteiger partial charge in [-0.2, -0.15) is 0 Å². The standard InChI is InChI=1S/Mn.4O.W/q+2;4*-2;. The third-order valence-electron chi connectivity index (χ3n) is 0. The Labute approximate surface area is 60.3 Å². The van der Waals surface area contributed by atoms with Crippen molar-refractivity contribution in [2.75, 3.05) is 0 Å². The zero-order valence-electron chi connectivity index (χ0n) is 2.42. The van der Waals surface area contributed by atoms with Gasteiger partial charge in [-0.3, -0.25) is 0 Å². The Kier molecular flexibility index (Phi) is 5490. The zero-order valence-corrected chi connectivity index (χ0v) is 6.53. The molecule has 0 heterocycles. The summed E-state index contributed by atoms with van der Waals surface area (Å²) in [6.07, 6.45) is 0. The summed E-state index contributed by atoms with van der Waals surface area (Å²) in [5, 5.41) is 0. The molecule has 1 radical (unpaired) electrons. The van der Waals surface area contributed by atoms with Crippen molar-refractivity contribution in [1.29, 1.82) is 0 Å². The van der Waals surface area contributed by atoms with Crippen LogP contribution in [0.1, 0.15) is 0 Å². The molecular formula is MnO4W-6. The second kappa shape index (κ2) is 140. The Balaban J connectivity index is 0. The van der Waals surface area contributed by atoms with E-state index in [1.807, 2.05) is 0 Å².